The van der Waals surface area contributed by atoms with Crippen LogP contribution >= 0.6 is 11.6 Å². The molecule has 98 valence electrons. The van der Waals surface area contributed by atoms with Crippen LogP contribution in [-0.2, 0) is 7.05 Å². The van der Waals surface area contributed by atoms with Gasteiger partial charge in [0.25, 0.3) is 11.6 Å². The molecule has 0 bridgehead atoms. The molecule has 1 amide bonds. The minimum atomic E-state index is -0.571. The van der Waals surface area contributed by atoms with Crippen LogP contribution in [0.15, 0.2) is 24.7 Å². The second-order valence-electron chi connectivity index (χ2n) is 3.63. The molecule has 0 aromatic carbocycles. The Labute approximate surface area is 112 Å². The van der Waals surface area contributed by atoms with Crippen molar-refractivity contribution in [1.82, 2.24) is 14.5 Å². The summed E-state index contributed by atoms with van der Waals surface area (Å²) < 4.78 is 1.36. The van der Waals surface area contributed by atoms with Gasteiger partial charge >= 0.3 is 0 Å². The Morgan fingerprint density at radius 2 is 2.21 bits per heavy atom. The Kier molecular flexibility index (Phi) is 3.43. The Hall–Kier alpha value is -2.48. The van der Waals surface area contributed by atoms with Gasteiger partial charge in [-0.1, -0.05) is 11.6 Å². The van der Waals surface area contributed by atoms with Gasteiger partial charge in [-0.3, -0.25) is 14.9 Å². The lowest BCUT2D eigenvalue weighted by Gasteiger charge is -2.04. The number of carbonyl (C=O) groups excluding carboxylic acids is 1. The first-order valence-electron chi connectivity index (χ1n) is 5.07. The third kappa shape index (κ3) is 2.86. The maximum atomic E-state index is 11.9. The van der Waals surface area contributed by atoms with Crippen molar-refractivity contribution in [3.63, 3.8) is 0 Å². The van der Waals surface area contributed by atoms with Crippen LogP contribution in [0.4, 0.5) is 11.5 Å². The van der Waals surface area contributed by atoms with Crippen LogP contribution in [-0.4, -0.2) is 25.4 Å². The van der Waals surface area contributed by atoms with E-state index in [1.54, 1.807) is 0 Å². The first-order chi connectivity index (χ1) is 8.97. The summed E-state index contributed by atoms with van der Waals surface area (Å²) in [5.41, 5.74) is -0.0155. The molecule has 0 aliphatic carbocycles. The molecule has 0 aliphatic heterocycles. The first-order valence-corrected chi connectivity index (χ1v) is 5.45. The van der Waals surface area contributed by atoms with Gasteiger partial charge in [-0.2, -0.15) is 0 Å². The monoisotopic (exact) mass is 281 g/mol. The third-order valence-corrected chi connectivity index (χ3v) is 2.49. The van der Waals surface area contributed by atoms with E-state index in [1.807, 2.05) is 0 Å². The molecule has 0 fully saturated rings. The predicted molar refractivity (Wildman–Crippen MR) is 67.1 cm³/mol. The van der Waals surface area contributed by atoms with Crippen LogP contribution in [0.1, 0.15) is 10.5 Å². The number of halogens is 1. The molecule has 1 N–H and O–H groups in total. The van der Waals surface area contributed by atoms with E-state index in [-0.39, 0.29) is 22.4 Å². The number of hydrogen-bond donors (Lipinski definition) is 1. The minimum Gasteiger partial charge on any atom is -0.340 e. The minimum absolute atomic E-state index is 0.142. The maximum absolute atomic E-state index is 11.9. The van der Waals surface area contributed by atoms with E-state index >= 15 is 0 Å². The van der Waals surface area contributed by atoms with Gasteiger partial charge < -0.3 is 9.88 Å². The second kappa shape index (κ2) is 5.02. The van der Waals surface area contributed by atoms with Crippen molar-refractivity contribution in [1.29, 1.82) is 0 Å². The standard InChI is InChI=1S/C10H8ClN5O3/c1-15-5-6(16(18)19)2-7(15)10(17)14-9-4-12-8(11)3-13-9/h2-5H,1H3,(H,13,14,17). The summed E-state index contributed by atoms with van der Waals surface area (Å²) in [4.78, 5) is 29.5. The average molecular weight is 282 g/mol. The molecule has 19 heavy (non-hydrogen) atoms. The zero-order valence-electron chi connectivity index (χ0n) is 9.70. The molecule has 2 aromatic rings. The highest BCUT2D eigenvalue weighted by molar-refractivity contribution is 6.29. The number of rotatable bonds is 3. The lowest BCUT2D eigenvalue weighted by Crippen LogP contribution is -2.16. The number of hydrogen-bond acceptors (Lipinski definition) is 5. The molecule has 0 saturated heterocycles. The molecule has 0 unspecified atom stereocenters. The van der Waals surface area contributed by atoms with Gasteiger partial charge in [0.05, 0.1) is 23.5 Å². The van der Waals surface area contributed by atoms with Crippen molar-refractivity contribution < 1.29 is 9.72 Å². The highest BCUT2D eigenvalue weighted by Crippen LogP contribution is 2.16. The zero-order chi connectivity index (χ0) is 14.0. The van der Waals surface area contributed by atoms with Crippen molar-refractivity contribution in [2.24, 2.45) is 7.05 Å². The van der Waals surface area contributed by atoms with Crippen LogP contribution < -0.4 is 5.32 Å². The molecular weight excluding hydrogens is 274 g/mol. The SMILES string of the molecule is Cn1cc([N+](=O)[O-])cc1C(=O)Nc1cnc(Cl)cn1. The molecule has 0 radical (unpaired) electrons. The molecular formula is C10H8ClN5O3. The number of nitro groups is 1. The van der Waals surface area contributed by atoms with Gasteiger partial charge in [-0.15, -0.1) is 0 Å². The average Bonchev–Trinajstić information content (AvgIpc) is 2.74. The summed E-state index contributed by atoms with van der Waals surface area (Å²) in [6.45, 7) is 0. The number of anilines is 1. The van der Waals surface area contributed by atoms with Crippen molar-refractivity contribution in [3.8, 4) is 0 Å². The molecule has 9 heteroatoms. The van der Waals surface area contributed by atoms with Crippen LogP contribution in [0.2, 0.25) is 5.15 Å². The highest BCUT2D eigenvalue weighted by atomic mass is 35.5. The molecule has 2 heterocycles. The first kappa shape index (κ1) is 13.0. The van der Waals surface area contributed by atoms with Gasteiger partial charge in [0.1, 0.15) is 10.8 Å². The Morgan fingerprint density at radius 1 is 1.47 bits per heavy atom. The molecule has 0 aliphatic rings. The van der Waals surface area contributed by atoms with E-state index in [0.29, 0.717) is 0 Å². The van der Waals surface area contributed by atoms with Crippen molar-refractivity contribution in [3.05, 3.63) is 45.6 Å². The van der Waals surface area contributed by atoms with E-state index in [4.69, 9.17) is 11.6 Å². The topological polar surface area (TPSA) is 103 Å². The quantitative estimate of drug-likeness (QED) is 0.680. The number of nitrogens with zero attached hydrogens (tertiary/aromatic N) is 4. The van der Waals surface area contributed by atoms with Crippen LogP contribution in [0.25, 0.3) is 0 Å². The Morgan fingerprint density at radius 3 is 2.74 bits per heavy atom. The lowest BCUT2D eigenvalue weighted by atomic mass is 10.4. The smallest absolute Gasteiger partial charge is 0.287 e. The van der Waals surface area contributed by atoms with Gasteiger partial charge in [0.15, 0.2) is 5.82 Å². The third-order valence-electron chi connectivity index (χ3n) is 2.30. The van der Waals surface area contributed by atoms with Crippen molar-refractivity contribution in [2.75, 3.05) is 5.32 Å². The molecule has 0 atom stereocenters. The fourth-order valence-electron chi connectivity index (χ4n) is 1.43. The van der Waals surface area contributed by atoms with Crippen molar-refractivity contribution >= 4 is 29.0 Å². The van der Waals surface area contributed by atoms with Gasteiger partial charge in [-0.25, -0.2) is 9.97 Å². The summed E-state index contributed by atoms with van der Waals surface area (Å²) >= 11 is 5.56. The number of amides is 1. The summed E-state index contributed by atoms with van der Waals surface area (Å²) in [6, 6.07) is 1.18. The zero-order valence-corrected chi connectivity index (χ0v) is 10.5. The van der Waals surface area contributed by atoms with E-state index in [1.165, 1.54) is 36.3 Å². The summed E-state index contributed by atoms with van der Waals surface area (Å²) in [5.74, 6) is -0.314. The normalized spacial score (nSPS) is 10.2. The van der Waals surface area contributed by atoms with E-state index in [9.17, 15) is 14.9 Å². The molecule has 0 saturated carbocycles. The molecule has 8 nitrogen and oxygen atoms in total. The number of aromatic nitrogens is 3. The predicted octanol–water partition coefficient (Wildman–Crippen LogP) is 1.63. The second-order valence-corrected chi connectivity index (χ2v) is 4.02. The highest BCUT2D eigenvalue weighted by Gasteiger charge is 2.17. The van der Waals surface area contributed by atoms with E-state index in [0.717, 1.165) is 0 Å². The van der Waals surface area contributed by atoms with Crippen LogP contribution in [0.3, 0.4) is 0 Å². The largest absolute Gasteiger partial charge is 0.340 e. The molecule has 0 spiro atoms. The summed E-state index contributed by atoms with van der Waals surface area (Å²) in [7, 11) is 1.54. The van der Waals surface area contributed by atoms with Crippen molar-refractivity contribution in [2.45, 2.75) is 0 Å². The summed E-state index contributed by atoms with van der Waals surface area (Å²) in [6.07, 6.45) is 3.82. The van der Waals surface area contributed by atoms with Gasteiger partial charge in [-0.05, 0) is 0 Å². The molecule has 2 rings (SSSR count). The summed E-state index contributed by atoms with van der Waals surface area (Å²) in [5, 5.41) is 13.3. The lowest BCUT2D eigenvalue weighted by molar-refractivity contribution is -0.384. The number of aryl methyl sites for hydroxylation is 1. The number of carbonyl (C=O) groups is 1. The Bertz CT molecular complexity index is 637. The molecule has 2 aromatic heterocycles. The number of nitrogens with one attached hydrogen (secondary N) is 1. The fourth-order valence-corrected chi connectivity index (χ4v) is 1.53. The van der Waals surface area contributed by atoms with Crippen LogP contribution in [0.5, 0.6) is 0 Å². The van der Waals surface area contributed by atoms with Crippen LogP contribution in [0, 0.1) is 10.1 Å². The Balaban J connectivity index is 2.20. The van der Waals surface area contributed by atoms with Gasteiger partial charge in [0, 0.05) is 13.1 Å². The maximum Gasteiger partial charge on any atom is 0.287 e. The fraction of sp³-hybridized carbons (Fsp3) is 0.100. The van der Waals surface area contributed by atoms with Gasteiger partial charge in [0.2, 0.25) is 0 Å². The van der Waals surface area contributed by atoms with E-state index < -0.39 is 10.8 Å². The van der Waals surface area contributed by atoms with E-state index in [2.05, 4.69) is 15.3 Å².